The lowest BCUT2D eigenvalue weighted by Crippen LogP contribution is -2.23. The number of nitrogens with zero attached hydrogens (tertiary/aromatic N) is 3. The van der Waals surface area contributed by atoms with Crippen LogP contribution in [-0.4, -0.2) is 23.0 Å². The van der Waals surface area contributed by atoms with Crippen LogP contribution >= 0.6 is 15.9 Å². The van der Waals surface area contributed by atoms with Crippen LogP contribution < -0.4 is 15.0 Å². The fraction of sp³-hybridized carbons (Fsp3) is 0.222. The van der Waals surface area contributed by atoms with E-state index in [2.05, 4.69) is 27.1 Å². The Labute approximate surface area is 207 Å². The van der Waals surface area contributed by atoms with Gasteiger partial charge in [-0.15, -0.1) is 0 Å². The molecule has 6 nitrogen and oxygen atoms in total. The van der Waals surface area contributed by atoms with Gasteiger partial charge in [0.05, 0.1) is 24.2 Å². The zero-order valence-corrected chi connectivity index (χ0v) is 21.2. The summed E-state index contributed by atoms with van der Waals surface area (Å²) in [7, 11) is 1.60. The maximum absolute atomic E-state index is 13.3. The third-order valence-electron chi connectivity index (χ3n) is 5.36. The number of methoxy groups -OCH3 is 1. The first kappa shape index (κ1) is 23.7. The van der Waals surface area contributed by atoms with Crippen LogP contribution in [0.2, 0.25) is 0 Å². The number of para-hydroxylation sites is 1. The summed E-state index contributed by atoms with van der Waals surface area (Å²) < 4.78 is 13.9. The first-order chi connectivity index (χ1) is 16.4. The average molecular weight is 520 g/mol. The topological polar surface area (TPSA) is 65.7 Å². The molecule has 0 saturated carbocycles. The quantitative estimate of drug-likeness (QED) is 0.278. The van der Waals surface area contributed by atoms with Crippen molar-refractivity contribution in [1.82, 2.24) is 9.66 Å². The zero-order valence-electron chi connectivity index (χ0n) is 19.6. The van der Waals surface area contributed by atoms with Crippen LogP contribution in [0.1, 0.15) is 42.3 Å². The van der Waals surface area contributed by atoms with Crippen LogP contribution in [0.3, 0.4) is 0 Å². The number of aromatic nitrogens is 2. The van der Waals surface area contributed by atoms with Gasteiger partial charge in [0.1, 0.15) is 12.4 Å². The van der Waals surface area contributed by atoms with Crippen molar-refractivity contribution < 1.29 is 9.47 Å². The molecule has 34 heavy (non-hydrogen) atoms. The monoisotopic (exact) mass is 519 g/mol. The summed E-state index contributed by atoms with van der Waals surface area (Å²) in [5.74, 6) is 1.74. The Kier molecular flexibility index (Phi) is 7.12. The van der Waals surface area contributed by atoms with E-state index in [9.17, 15) is 4.79 Å². The Morgan fingerprint density at radius 2 is 1.91 bits per heavy atom. The minimum absolute atomic E-state index is 0.000229. The predicted octanol–water partition coefficient (Wildman–Crippen LogP) is 6.06. The van der Waals surface area contributed by atoms with Gasteiger partial charge in [-0.3, -0.25) is 4.79 Å². The number of ether oxygens (including phenoxy) is 2. The van der Waals surface area contributed by atoms with E-state index >= 15 is 0 Å². The number of hydrogen-bond acceptors (Lipinski definition) is 5. The van der Waals surface area contributed by atoms with Crippen molar-refractivity contribution in [3.63, 3.8) is 0 Å². The second-order valence-electron chi connectivity index (χ2n) is 8.30. The molecular weight excluding hydrogens is 494 g/mol. The highest BCUT2D eigenvalue weighted by Gasteiger charge is 2.15. The first-order valence-electron chi connectivity index (χ1n) is 11.0. The smallest absolute Gasteiger partial charge is 0.282 e. The molecule has 174 valence electrons. The van der Waals surface area contributed by atoms with E-state index in [-0.39, 0.29) is 11.5 Å². The van der Waals surface area contributed by atoms with E-state index in [1.165, 1.54) is 10.2 Å². The van der Waals surface area contributed by atoms with Gasteiger partial charge in [-0.2, -0.15) is 9.78 Å². The highest BCUT2D eigenvalue weighted by Crippen LogP contribution is 2.31. The number of halogens is 1. The summed E-state index contributed by atoms with van der Waals surface area (Å²) in [6, 6.07) is 19.2. The van der Waals surface area contributed by atoms with Crippen molar-refractivity contribution in [3.8, 4) is 11.5 Å². The summed E-state index contributed by atoms with van der Waals surface area (Å²) in [5.41, 5.74) is 3.33. The van der Waals surface area contributed by atoms with Gasteiger partial charge in [-0.25, -0.2) is 4.98 Å². The fourth-order valence-corrected chi connectivity index (χ4v) is 4.04. The predicted molar refractivity (Wildman–Crippen MR) is 139 cm³/mol. The number of fused-ring (bicyclic) bond motifs is 1. The van der Waals surface area contributed by atoms with Gasteiger partial charge in [-0.1, -0.05) is 65.7 Å². The first-order valence-corrected chi connectivity index (χ1v) is 11.8. The molecule has 0 fully saturated rings. The Bertz CT molecular complexity index is 1430. The van der Waals surface area contributed by atoms with Crippen molar-refractivity contribution in [2.75, 3.05) is 7.11 Å². The molecule has 0 bridgehead atoms. The van der Waals surface area contributed by atoms with E-state index in [0.29, 0.717) is 40.4 Å². The largest absolute Gasteiger partial charge is 0.493 e. The molecule has 0 aliphatic rings. The van der Waals surface area contributed by atoms with E-state index in [4.69, 9.17) is 14.5 Å². The van der Waals surface area contributed by atoms with Crippen molar-refractivity contribution in [3.05, 3.63) is 98.0 Å². The molecule has 1 heterocycles. The van der Waals surface area contributed by atoms with Crippen LogP contribution in [-0.2, 0) is 6.61 Å². The fourth-order valence-electron chi connectivity index (χ4n) is 3.68. The summed E-state index contributed by atoms with van der Waals surface area (Å²) in [6.07, 6.45) is 1.62. The lowest BCUT2D eigenvalue weighted by Gasteiger charge is -2.14. The van der Waals surface area contributed by atoms with Crippen molar-refractivity contribution >= 4 is 33.0 Å². The van der Waals surface area contributed by atoms with Crippen molar-refractivity contribution in [2.45, 2.75) is 33.3 Å². The standard InChI is InChI=1S/C27H26BrN3O3/c1-17(2)26-30-23-12-11-21(28)14-22(23)27(32)31(26)29-15-20-9-6-10-24(33-4)25(20)34-16-19-8-5-7-18(3)13-19/h5-15,17H,16H2,1-4H3. The number of aryl methyl sites for hydroxylation is 1. The minimum atomic E-state index is -0.226. The SMILES string of the molecule is COc1cccc(C=Nn2c(C(C)C)nc3ccc(Br)cc3c2=O)c1OCc1cccc(C)c1. The molecule has 0 unspecified atom stereocenters. The van der Waals surface area contributed by atoms with Crippen molar-refractivity contribution in [1.29, 1.82) is 0 Å². The molecule has 3 aromatic carbocycles. The highest BCUT2D eigenvalue weighted by molar-refractivity contribution is 9.10. The molecule has 0 spiro atoms. The molecule has 1 aromatic heterocycles. The second kappa shape index (κ2) is 10.2. The van der Waals surface area contributed by atoms with Gasteiger partial charge >= 0.3 is 0 Å². The van der Waals surface area contributed by atoms with Crippen LogP contribution in [0, 0.1) is 6.92 Å². The van der Waals surface area contributed by atoms with E-state index < -0.39 is 0 Å². The lowest BCUT2D eigenvalue weighted by atomic mass is 10.1. The Morgan fingerprint density at radius 3 is 2.65 bits per heavy atom. The third kappa shape index (κ3) is 5.04. The van der Waals surface area contributed by atoms with Gasteiger partial charge in [0, 0.05) is 16.0 Å². The van der Waals surface area contributed by atoms with E-state index in [1.54, 1.807) is 19.4 Å². The molecule has 0 N–H and O–H groups in total. The number of rotatable bonds is 7. The van der Waals surface area contributed by atoms with E-state index in [1.807, 2.05) is 69.3 Å². The van der Waals surface area contributed by atoms with Gasteiger partial charge in [0.15, 0.2) is 11.5 Å². The summed E-state index contributed by atoms with van der Waals surface area (Å²) in [5, 5.41) is 5.05. The molecule has 4 rings (SSSR count). The molecule has 0 aliphatic heterocycles. The van der Waals surface area contributed by atoms with Gasteiger partial charge < -0.3 is 9.47 Å². The van der Waals surface area contributed by atoms with Crippen molar-refractivity contribution in [2.24, 2.45) is 5.10 Å². The lowest BCUT2D eigenvalue weighted by molar-refractivity contribution is 0.284. The van der Waals surface area contributed by atoms with Crippen LogP contribution in [0.5, 0.6) is 11.5 Å². The Balaban J connectivity index is 1.76. The minimum Gasteiger partial charge on any atom is -0.493 e. The summed E-state index contributed by atoms with van der Waals surface area (Å²) in [6.45, 7) is 6.40. The van der Waals surface area contributed by atoms with Gasteiger partial charge in [0.25, 0.3) is 5.56 Å². The van der Waals surface area contributed by atoms with E-state index in [0.717, 1.165) is 10.0 Å². The van der Waals surface area contributed by atoms with Gasteiger partial charge in [-0.05, 0) is 42.8 Å². The molecule has 7 heteroatoms. The summed E-state index contributed by atoms with van der Waals surface area (Å²) in [4.78, 5) is 18.0. The molecule has 4 aromatic rings. The zero-order chi connectivity index (χ0) is 24.2. The van der Waals surface area contributed by atoms with Crippen LogP contribution in [0.15, 0.2) is 75.0 Å². The second-order valence-corrected chi connectivity index (χ2v) is 9.22. The molecule has 0 amide bonds. The molecule has 0 atom stereocenters. The molecular formula is C27H26BrN3O3. The Morgan fingerprint density at radius 1 is 1.12 bits per heavy atom. The molecule has 0 radical (unpaired) electrons. The maximum Gasteiger partial charge on any atom is 0.282 e. The average Bonchev–Trinajstić information content (AvgIpc) is 2.82. The maximum atomic E-state index is 13.3. The summed E-state index contributed by atoms with van der Waals surface area (Å²) >= 11 is 3.44. The highest BCUT2D eigenvalue weighted by atomic mass is 79.9. The van der Waals surface area contributed by atoms with Gasteiger partial charge in [0.2, 0.25) is 0 Å². The third-order valence-corrected chi connectivity index (χ3v) is 5.85. The van der Waals surface area contributed by atoms with Crippen LogP contribution in [0.4, 0.5) is 0 Å². The molecule has 0 saturated heterocycles. The van der Waals surface area contributed by atoms with Crippen LogP contribution in [0.25, 0.3) is 10.9 Å². The number of benzene rings is 3. The Hall–Kier alpha value is -3.45. The molecule has 0 aliphatic carbocycles. The normalized spacial score (nSPS) is 11.5. The number of hydrogen-bond donors (Lipinski definition) is 0.